The number of carbonyl (C=O) groups is 1. The summed E-state index contributed by atoms with van der Waals surface area (Å²) in [7, 11) is 0. The van der Waals surface area contributed by atoms with E-state index >= 15 is 0 Å². The molecule has 2 unspecified atom stereocenters. The highest BCUT2D eigenvalue weighted by molar-refractivity contribution is 5.92. The molecule has 2 atom stereocenters. The number of amides is 1. The largest absolute Gasteiger partial charge is 0.417 e. The van der Waals surface area contributed by atoms with Gasteiger partial charge in [-0.2, -0.15) is 13.2 Å². The predicted octanol–water partition coefficient (Wildman–Crippen LogP) is 1.30. The summed E-state index contributed by atoms with van der Waals surface area (Å²) in [5.74, 6) is 1.35. The van der Waals surface area contributed by atoms with Crippen LogP contribution in [-0.4, -0.2) is 30.5 Å². The average Bonchev–Trinajstić information content (AvgIpc) is 2.83. The minimum Gasteiger partial charge on any atom is -0.350 e. The Bertz CT molecular complexity index is 505. The Kier molecular flexibility index (Phi) is 3.16. The Hall–Kier alpha value is -1.63. The second-order valence-corrected chi connectivity index (χ2v) is 5.29. The standard InChI is InChI=1S/C13H14F3N3O/c14-13(15,16)7-1-2-11(18-3-7)12(20)19-6-10-8-4-17-5-9(8)10/h1-3,8-10,17H,4-6H2,(H,19,20). The molecule has 1 aliphatic heterocycles. The van der Waals surface area contributed by atoms with E-state index in [-0.39, 0.29) is 5.69 Å². The number of piperidine rings is 1. The number of nitrogens with zero attached hydrogens (tertiary/aromatic N) is 1. The molecule has 2 N–H and O–H groups in total. The molecule has 1 saturated heterocycles. The summed E-state index contributed by atoms with van der Waals surface area (Å²) in [5.41, 5.74) is -0.834. The van der Waals surface area contributed by atoms with Crippen molar-refractivity contribution in [1.82, 2.24) is 15.6 Å². The number of aromatic nitrogens is 1. The summed E-state index contributed by atoms with van der Waals surface area (Å²) in [5, 5.41) is 6.00. The van der Waals surface area contributed by atoms with E-state index in [1.165, 1.54) is 0 Å². The number of hydrogen-bond donors (Lipinski definition) is 2. The summed E-state index contributed by atoms with van der Waals surface area (Å²) in [6.45, 7) is 2.55. The number of pyridine rings is 1. The van der Waals surface area contributed by atoms with Crippen LogP contribution in [0.2, 0.25) is 0 Å². The van der Waals surface area contributed by atoms with E-state index in [0.29, 0.717) is 30.5 Å². The molecule has 1 amide bonds. The van der Waals surface area contributed by atoms with E-state index in [1.54, 1.807) is 0 Å². The number of halogens is 3. The monoisotopic (exact) mass is 285 g/mol. The van der Waals surface area contributed by atoms with Gasteiger partial charge in [0.2, 0.25) is 0 Å². The lowest BCUT2D eigenvalue weighted by atomic mass is 10.2. The summed E-state index contributed by atoms with van der Waals surface area (Å²) in [6, 6.07) is 1.98. The molecule has 1 saturated carbocycles. The summed E-state index contributed by atoms with van der Waals surface area (Å²) < 4.78 is 37.1. The molecule has 1 aromatic rings. The van der Waals surface area contributed by atoms with E-state index in [4.69, 9.17) is 0 Å². The molecule has 4 nitrogen and oxygen atoms in total. The number of fused-ring (bicyclic) bond motifs is 1. The molecular weight excluding hydrogens is 271 g/mol. The maximum atomic E-state index is 12.4. The van der Waals surface area contributed by atoms with Gasteiger partial charge in [0.15, 0.2) is 0 Å². The van der Waals surface area contributed by atoms with Crippen molar-refractivity contribution in [1.29, 1.82) is 0 Å². The average molecular weight is 285 g/mol. The van der Waals surface area contributed by atoms with E-state index in [1.807, 2.05) is 0 Å². The van der Waals surface area contributed by atoms with Crippen molar-refractivity contribution in [3.8, 4) is 0 Å². The first kappa shape index (κ1) is 13.4. The first-order chi connectivity index (χ1) is 9.47. The molecule has 0 aromatic carbocycles. The van der Waals surface area contributed by atoms with Crippen LogP contribution in [0.25, 0.3) is 0 Å². The fourth-order valence-corrected chi connectivity index (χ4v) is 2.85. The second kappa shape index (κ2) is 4.73. The Labute approximate surface area is 113 Å². The zero-order valence-electron chi connectivity index (χ0n) is 10.6. The predicted molar refractivity (Wildman–Crippen MR) is 64.9 cm³/mol. The van der Waals surface area contributed by atoms with Crippen LogP contribution in [0.4, 0.5) is 13.2 Å². The third kappa shape index (κ3) is 2.49. The molecule has 3 rings (SSSR count). The van der Waals surface area contributed by atoms with Crippen LogP contribution in [0.5, 0.6) is 0 Å². The van der Waals surface area contributed by atoms with Crippen molar-refractivity contribution >= 4 is 5.91 Å². The highest BCUT2D eigenvalue weighted by Gasteiger charge is 2.52. The minimum atomic E-state index is -4.43. The topological polar surface area (TPSA) is 54.0 Å². The van der Waals surface area contributed by atoms with Crippen LogP contribution in [0, 0.1) is 17.8 Å². The third-order valence-electron chi connectivity index (χ3n) is 4.09. The molecule has 108 valence electrons. The maximum Gasteiger partial charge on any atom is 0.417 e. The van der Waals surface area contributed by atoms with Crippen LogP contribution in [0.1, 0.15) is 16.1 Å². The lowest BCUT2D eigenvalue weighted by Gasteiger charge is -2.08. The Morgan fingerprint density at radius 3 is 2.60 bits per heavy atom. The number of nitrogens with one attached hydrogen (secondary N) is 2. The van der Waals surface area contributed by atoms with Gasteiger partial charge in [0.25, 0.3) is 5.91 Å². The molecule has 1 aromatic heterocycles. The van der Waals surface area contributed by atoms with Gasteiger partial charge in [-0.1, -0.05) is 0 Å². The zero-order valence-corrected chi connectivity index (χ0v) is 10.6. The number of hydrogen-bond acceptors (Lipinski definition) is 3. The van der Waals surface area contributed by atoms with Gasteiger partial charge in [0, 0.05) is 12.7 Å². The highest BCUT2D eigenvalue weighted by atomic mass is 19.4. The molecule has 2 heterocycles. The molecule has 20 heavy (non-hydrogen) atoms. The van der Waals surface area contributed by atoms with Gasteiger partial charge in [-0.3, -0.25) is 9.78 Å². The molecule has 1 aliphatic carbocycles. The lowest BCUT2D eigenvalue weighted by molar-refractivity contribution is -0.137. The van der Waals surface area contributed by atoms with Gasteiger partial charge in [-0.25, -0.2) is 0 Å². The van der Waals surface area contributed by atoms with Crippen LogP contribution < -0.4 is 10.6 Å². The van der Waals surface area contributed by atoms with Crippen LogP contribution in [-0.2, 0) is 6.18 Å². The van der Waals surface area contributed by atoms with Gasteiger partial charge in [-0.05, 0) is 43.0 Å². The van der Waals surface area contributed by atoms with Crippen molar-refractivity contribution in [3.63, 3.8) is 0 Å². The third-order valence-corrected chi connectivity index (χ3v) is 4.09. The van der Waals surface area contributed by atoms with Gasteiger partial charge in [0.1, 0.15) is 5.69 Å². The van der Waals surface area contributed by atoms with E-state index in [0.717, 1.165) is 25.2 Å². The van der Waals surface area contributed by atoms with Crippen LogP contribution in [0.15, 0.2) is 18.3 Å². The number of rotatable bonds is 3. The number of carbonyl (C=O) groups excluding carboxylic acids is 1. The van der Waals surface area contributed by atoms with E-state index in [2.05, 4.69) is 15.6 Å². The number of alkyl halides is 3. The second-order valence-electron chi connectivity index (χ2n) is 5.29. The molecule has 2 fully saturated rings. The Morgan fingerprint density at radius 2 is 2.05 bits per heavy atom. The van der Waals surface area contributed by atoms with Crippen molar-refractivity contribution in [3.05, 3.63) is 29.6 Å². The van der Waals surface area contributed by atoms with E-state index in [9.17, 15) is 18.0 Å². The van der Waals surface area contributed by atoms with Crippen molar-refractivity contribution in [2.24, 2.45) is 17.8 Å². The van der Waals surface area contributed by atoms with Gasteiger partial charge >= 0.3 is 6.18 Å². The van der Waals surface area contributed by atoms with Crippen LogP contribution in [0.3, 0.4) is 0 Å². The summed E-state index contributed by atoms with van der Waals surface area (Å²) in [4.78, 5) is 15.4. The van der Waals surface area contributed by atoms with Crippen molar-refractivity contribution in [2.45, 2.75) is 6.18 Å². The summed E-state index contributed by atoms with van der Waals surface area (Å²) in [6.07, 6.45) is -3.74. The van der Waals surface area contributed by atoms with Crippen molar-refractivity contribution < 1.29 is 18.0 Å². The molecule has 0 bridgehead atoms. The zero-order chi connectivity index (χ0) is 14.3. The molecule has 0 spiro atoms. The van der Waals surface area contributed by atoms with Crippen LogP contribution >= 0.6 is 0 Å². The summed E-state index contributed by atoms with van der Waals surface area (Å²) >= 11 is 0. The van der Waals surface area contributed by atoms with Gasteiger partial charge in [-0.15, -0.1) is 0 Å². The fraction of sp³-hybridized carbons (Fsp3) is 0.538. The van der Waals surface area contributed by atoms with Gasteiger partial charge < -0.3 is 10.6 Å². The smallest absolute Gasteiger partial charge is 0.350 e. The molecule has 0 radical (unpaired) electrons. The lowest BCUT2D eigenvalue weighted by Crippen LogP contribution is -2.29. The van der Waals surface area contributed by atoms with E-state index < -0.39 is 17.6 Å². The molecule has 7 heteroatoms. The first-order valence-electron chi connectivity index (χ1n) is 6.49. The molecular formula is C13H14F3N3O. The SMILES string of the molecule is O=C(NCC1C2CNCC21)c1ccc(C(F)(F)F)cn1. The van der Waals surface area contributed by atoms with Gasteiger partial charge in [0.05, 0.1) is 5.56 Å². The minimum absolute atomic E-state index is 0.0157. The fourth-order valence-electron chi connectivity index (χ4n) is 2.85. The first-order valence-corrected chi connectivity index (χ1v) is 6.49. The maximum absolute atomic E-state index is 12.4. The Balaban J connectivity index is 1.55. The highest BCUT2D eigenvalue weighted by Crippen LogP contribution is 2.47. The normalized spacial score (nSPS) is 28.1. The quantitative estimate of drug-likeness (QED) is 0.880. The Morgan fingerprint density at radius 1 is 1.35 bits per heavy atom. The van der Waals surface area contributed by atoms with Crippen molar-refractivity contribution in [2.75, 3.05) is 19.6 Å². The molecule has 2 aliphatic rings.